The molecule has 2 aromatic heterocycles. The number of benzene rings is 1. The summed E-state index contributed by atoms with van der Waals surface area (Å²) in [6.07, 6.45) is 1.75. The lowest BCUT2D eigenvalue weighted by atomic mass is 10.2. The van der Waals surface area contributed by atoms with Crippen LogP contribution in [0.5, 0.6) is 0 Å². The fraction of sp³-hybridized carbons (Fsp3) is 0.188. The number of nitrogens with one attached hydrogen (secondary N) is 1. The molecule has 0 saturated heterocycles. The van der Waals surface area contributed by atoms with E-state index < -0.39 is 0 Å². The van der Waals surface area contributed by atoms with Gasteiger partial charge < -0.3 is 0 Å². The predicted molar refractivity (Wildman–Crippen MR) is 87.8 cm³/mol. The quantitative estimate of drug-likeness (QED) is 0.805. The minimum atomic E-state index is -0.155. The van der Waals surface area contributed by atoms with Crippen LogP contribution in [0.1, 0.15) is 26.6 Å². The largest absolute Gasteiger partial charge is 0.298 e. The van der Waals surface area contributed by atoms with Gasteiger partial charge in [-0.2, -0.15) is 5.10 Å². The van der Waals surface area contributed by atoms with Gasteiger partial charge >= 0.3 is 0 Å². The van der Waals surface area contributed by atoms with Crippen LogP contribution in [-0.2, 0) is 0 Å². The number of amides is 1. The maximum Gasteiger partial charge on any atom is 0.257 e. The molecule has 6 heteroatoms. The molecule has 1 aromatic carbocycles. The Balaban J connectivity index is 1.78. The first-order valence-corrected chi connectivity index (χ1v) is 7.72. The Hall–Kier alpha value is -2.47. The number of hydrogen-bond donors (Lipinski definition) is 1. The van der Waals surface area contributed by atoms with Crippen molar-refractivity contribution >= 4 is 22.4 Å². The average Bonchev–Trinajstić information content (AvgIpc) is 3.05. The lowest BCUT2D eigenvalue weighted by molar-refractivity contribution is 0.102. The molecule has 0 aliphatic rings. The maximum atomic E-state index is 12.2. The normalized spacial score (nSPS) is 10.7. The minimum absolute atomic E-state index is 0.155. The van der Waals surface area contributed by atoms with E-state index in [1.165, 1.54) is 11.3 Å². The van der Waals surface area contributed by atoms with Gasteiger partial charge in [0.25, 0.3) is 5.91 Å². The van der Waals surface area contributed by atoms with Crippen LogP contribution in [-0.4, -0.2) is 20.7 Å². The summed E-state index contributed by atoms with van der Waals surface area (Å²) in [6, 6.07) is 9.28. The van der Waals surface area contributed by atoms with Gasteiger partial charge in [0.05, 0.1) is 11.4 Å². The van der Waals surface area contributed by atoms with E-state index in [-0.39, 0.29) is 5.91 Å². The number of aryl methyl sites for hydroxylation is 3. The second-order valence-electron chi connectivity index (χ2n) is 5.05. The number of aromatic nitrogens is 3. The Kier molecular flexibility index (Phi) is 3.77. The van der Waals surface area contributed by atoms with Crippen LogP contribution in [0, 0.1) is 20.8 Å². The second-order valence-corrected chi connectivity index (χ2v) is 6.25. The van der Waals surface area contributed by atoms with Gasteiger partial charge in [-0.05, 0) is 51.1 Å². The number of carbonyl (C=O) groups is 1. The molecule has 0 bridgehead atoms. The molecule has 1 N–H and O–H groups in total. The van der Waals surface area contributed by atoms with Gasteiger partial charge in [0.1, 0.15) is 0 Å². The standard InChI is InChI=1S/C16H16N4OS/c1-10-8-9-17-20(10)14-6-4-13(5-7-14)15(21)19-16-18-11(2)12(3)22-16/h4-9H,1-3H3,(H,18,19,21). The van der Waals surface area contributed by atoms with E-state index in [9.17, 15) is 4.79 Å². The molecule has 3 rings (SSSR count). The van der Waals surface area contributed by atoms with E-state index in [0.29, 0.717) is 10.7 Å². The first-order valence-electron chi connectivity index (χ1n) is 6.91. The van der Waals surface area contributed by atoms with Crippen LogP contribution in [0.3, 0.4) is 0 Å². The van der Waals surface area contributed by atoms with Crippen LogP contribution in [0.15, 0.2) is 36.5 Å². The van der Waals surface area contributed by atoms with E-state index >= 15 is 0 Å². The highest BCUT2D eigenvalue weighted by Crippen LogP contribution is 2.22. The van der Waals surface area contributed by atoms with Crippen molar-refractivity contribution in [2.45, 2.75) is 20.8 Å². The molecule has 2 heterocycles. The molecular weight excluding hydrogens is 296 g/mol. The van der Waals surface area contributed by atoms with Crippen LogP contribution in [0.2, 0.25) is 0 Å². The van der Waals surface area contributed by atoms with Crippen LogP contribution in [0.4, 0.5) is 5.13 Å². The van der Waals surface area contributed by atoms with E-state index in [2.05, 4.69) is 15.4 Å². The van der Waals surface area contributed by atoms with Crippen molar-refractivity contribution in [3.8, 4) is 5.69 Å². The summed E-state index contributed by atoms with van der Waals surface area (Å²) >= 11 is 1.48. The summed E-state index contributed by atoms with van der Waals surface area (Å²) in [4.78, 5) is 17.7. The van der Waals surface area contributed by atoms with E-state index in [1.807, 2.05) is 43.7 Å². The summed E-state index contributed by atoms with van der Waals surface area (Å²) in [7, 11) is 0. The third-order valence-electron chi connectivity index (χ3n) is 3.46. The summed E-state index contributed by atoms with van der Waals surface area (Å²) in [5.41, 5.74) is 3.52. The molecular formula is C16H16N4OS. The minimum Gasteiger partial charge on any atom is -0.298 e. The molecule has 0 radical (unpaired) electrons. The molecule has 5 nitrogen and oxygen atoms in total. The summed E-state index contributed by atoms with van der Waals surface area (Å²) < 4.78 is 1.83. The van der Waals surface area contributed by atoms with Crippen molar-refractivity contribution in [2.75, 3.05) is 5.32 Å². The number of thiazole rings is 1. The molecule has 0 unspecified atom stereocenters. The first-order chi connectivity index (χ1) is 10.5. The second kappa shape index (κ2) is 5.73. The summed E-state index contributed by atoms with van der Waals surface area (Å²) in [5, 5.41) is 7.71. The fourth-order valence-electron chi connectivity index (χ4n) is 2.09. The van der Waals surface area contributed by atoms with Gasteiger partial charge in [0, 0.05) is 22.3 Å². The fourth-order valence-corrected chi connectivity index (χ4v) is 2.90. The molecule has 0 aliphatic carbocycles. The predicted octanol–water partition coefficient (Wildman–Crippen LogP) is 3.51. The number of carbonyl (C=O) groups excluding carboxylic acids is 1. The molecule has 112 valence electrons. The number of nitrogens with zero attached hydrogens (tertiary/aromatic N) is 3. The van der Waals surface area contributed by atoms with Gasteiger partial charge in [-0.25, -0.2) is 9.67 Å². The maximum absolute atomic E-state index is 12.2. The lowest BCUT2D eigenvalue weighted by Gasteiger charge is -2.06. The third kappa shape index (κ3) is 2.78. The zero-order valence-electron chi connectivity index (χ0n) is 12.6. The smallest absolute Gasteiger partial charge is 0.257 e. The number of anilines is 1. The van der Waals surface area contributed by atoms with Crippen molar-refractivity contribution in [2.24, 2.45) is 0 Å². The molecule has 0 atom stereocenters. The average molecular weight is 312 g/mol. The van der Waals surface area contributed by atoms with Crippen molar-refractivity contribution in [3.05, 3.63) is 58.4 Å². The highest BCUT2D eigenvalue weighted by atomic mass is 32.1. The summed E-state index contributed by atoms with van der Waals surface area (Å²) in [5.74, 6) is -0.155. The van der Waals surface area contributed by atoms with Crippen molar-refractivity contribution in [1.29, 1.82) is 0 Å². The molecule has 0 spiro atoms. The van der Waals surface area contributed by atoms with E-state index in [0.717, 1.165) is 22.0 Å². The third-order valence-corrected chi connectivity index (χ3v) is 4.44. The van der Waals surface area contributed by atoms with Gasteiger partial charge in [-0.15, -0.1) is 11.3 Å². The van der Waals surface area contributed by atoms with E-state index in [4.69, 9.17) is 0 Å². The number of rotatable bonds is 3. The van der Waals surface area contributed by atoms with Gasteiger partial charge in [-0.3, -0.25) is 10.1 Å². The highest BCUT2D eigenvalue weighted by molar-refractivity contribution is 7.15. The lowest BCUT2D eigenvalue weighted by Crippen LogP contribution is -2.11. The molecule has 22 heavy (non-hydrogen) atoms. The molecule has 0 saturated carbocycles. The Morgan fingerprint density at radius 3 is 2.41 bits per heavy atom. The monoisotopic (exact) mass is 312 g/mol. The van der Waals surface area contributed by atoms with Gasteiger partial charge in [0.15, 0.2) is 5.13 Å². The SMILES string of the molecule is Cc1nc(NC(=O)c2ccc(-n3nccc3C)cc2)sc1C. The Labute approximate surface area is 132 Å². The molecule has 3 aromatic rings. The van der Waals surface area contributed by atoms with Crippen LogP contribution < -0.4 is 5.32 Å². The van der Waals surface area contributed by atoms with Crippen LogP contribution >= 0.6 is 11.3 Å². The zero-order chi connectivity index (χ0) is 15.7. The van der Waals surface area contributed by atoms with Crippen LogP contribution in [0.25, 0.3) is 5.69 Å². The Bertz CT molecular complexity index is 798. The zero-order valence-corrected chi connectivity index (χ0v) is 13.4. The Morgan fingerprint density at radius 1 is 1.14 bits per heavy atom. The van der Waals surface area contributed by atoms with E-state index in [1.54, 1.807) is 18.3 Å². The molecule has 0 fully saturated rings. The molecule has 1 amide bonds. The Morgan fingerprint density at radius 2 is 1.86 bits per heavy atom. The van der Waals surface area contributed by atoms with Crippen molar-refractivity contribution < 1.29 is 4.79 Å². The first kappa shape index (κ1) is 14.5. The number of hydrogen-bond acceptors (Lipinski definition) is 4. The van der Waals surface area contributed by atoms with Crippen molar-refractivity contribution in [1.82, 2.24) is 14.8 Å². The van der Waals surface area contributed by atoms with Gasteiger partial charge in [0.2, 0.25) is 0 Å². The molecule has 0 aliphatic heterocycles. The van der Waals surface area contributed by atoms with Gasteiger partial charge in [-0.1, -0.05) is 0 Å². The topological polar surface area (TPSA) is 59.8 Å². The van der Waals surface area contributed by atoms with Crippen molar-refractivity contribution in [3.63, 3.8) is 0 Å². The summed E-state index contributed by atoms with van der Waals surface area (Å²) in [6.45, 7) is 5.91. The highest BCUT2D eigenvalue weighted by Gasteiger charge is 2.10.